The monoisotopic (exact) mass is 417 g/mol. The van der Waals surface area contributed by atoms with Crippen molar-refractivity contribution >= 4 is 16.9 Å². The molecule has 6 rings (SSSR count). The summed E-state index contributed by atoms with van der Waals surface area (Å²) in [4.78, 5) is 30.7. The van der Waals surface area contributed by atoms with Gasteiger partial charge in [0.1, 0.15) is 5.58 Å². The fraction of sp³-hybridized carbons (Fsp3) is 0.440. The fourth-order valence-electron chi connectivity index (χ4n) is 5.70. The second-order valence-electron chi connectivity index (χ2n) is 9.34. The second-order valence-corrected chi connectivity index (χ2v) is 9.34. The number of aromatic nitrogens is 1. The fourth-order valence-corrected chi connectivity index (χ4v) is 5.70. The third-order valence-corrected chi connectivity index (χ3v) is 7.20. The molecule has 0 saturated carbocycles. The number of hydrogen-bond acceptors (Lipinski definition) is 4. The van der Waals surface area contributed by atoms with Crippen molar-refractivity contribution in [2.24, 2.45) is 5.92 Å². The summed E-state index contributed by atoms with van der Waals surface area (Å²) in [6, 6.07) is 13.7. The van der Waals surface area contributed by atoms with E-state index < -0.39 is 0 Å². The van der Waals surface area contributed by atoms with Crippen LogP contribution in [0.5, 0.6) is 0 Å². The van der Waals surface area contributed by atoms with Gasteiger partial charge in [0.25, 0.3) is 11.5 Å². The Morgan fingerprint density at radius 2 is 1.87 bits per heavy atom. The molecule has 2 atom stereocenters. The molecule has 1 amide bonds. The van der Waals surface area contributed by atoms with Gasteiger partial charge in [0.2, 0.25) is 0 Å². The summed E-state index contributed by atoms with van der Waals surface area (Å²) in [7, 11) is 0. The Hall–Kier alpha value is -2.86. The van der Waals surface area contributed by atoms with Gasteiger partial charge in [-0.2, -0.15) is 0 Å². The van der Waals surface area contributed by atoms with Crippen molar-refractivity contribution in [3.05, 3.63) is 69.8 Å². The average molecular weight is 418 g/mol. The molecule has 0 radical (unpaired) electrons. The number of furan rings is 1. The quantitative estimate of drug-likeness (QED) is 0.655. The summed E-state index contributed by atoms with van der Waals surface area (Å²) in [6.07, 6.45) is 3.49. The van der Waals surface area contributed by atoms with Crippen LogP contribution >= 0.6 is 0 Å². The minimum atomic E-state index is -0.0487. The molecule has 3 aliphatic rings. The third kappa shape index (κ3) is 3.30. The van der Waals surface area contributed by atoms with E-state index in [9.17, 15) is 9.59 Å². The summed E-state index contributed by atoms with van der Waals surface area (Å²) in [5.74, 6) is 0.862. The summed E-state index contributed by atoms with van der Waals surface area (Å²) in [6.45, 7) is 4.94. The third-order valence-electron chi connectivity index (χ3n) is 7.20. The lowest BCUT2D eigenvalue weighted by Crippen LogP contribution is -2.49. The van der Waals surface area contributed by atoms with E-state index in [2.05, 4.69) is 11.0 Å². The summed E-state index contributed by atoms with van der Waals surface area (Å²) >= 11 is 0. The molecule has 2 aromatic heterocycles. The molecule has 2 saturated heterocycles. The predicted molar refractivity (Wildman–Crippen MR) is 118 cm³/mol. The first-order valence-electron chi connectivity index (χ1n) is 11.4. The van der Waals surface area contributed by atoms with Crippen LogP contribution in [0.25, 0.3) is 11.0 Å². The summed E-state index contributed by atoms with van der Waals surface area (Å²) in [5, 5.41) is 0.950. The van der Waals surface area contributed by atoms with E-state index in [1.54, 1.807) is 0 Å². The normalized spacial score (nSPS) is 23.3. The summed E-state index contributed by atoms with van der Waals surface area (Å²) < 4.78 is 7.82. The van der Waals surface area contributed by atoms with Gasteiger partial charge >= 0.3 is 0 Å². The van der Waals surface area contributed by atoms with Crippen LogP contribution in [0.3, 0.4) is 0 Å². The molecule has 2 fully saturated rings. The van der Waals surface area contributed by atoms with Gasteiger partial charge in [0, 0.05) is 48.7 Å². The summed E-state index contributed by atoms with van der Waals surface area (Å²) in [5.41, 5.74) is 2.89. The molecule has 0 aliphatic carbocycles. The smallest absolute Gasteiger partial charge is 0.289 e. The second kappa shape index (κ2) is 7.38. The Kier molecular flexibility index (Phi) is 4.49. The highest BCUT2D eigenvalue weighted by molar-refractivity contribution is 5.96. The van der Waals surface area contributed by atoms with Gasteiger partial charge in [-0.3, -0.25) is 14.5 Å². The highest BCUT2D eigenvalue weighted by Crippen LogP contribution is 2.36. The first-order valence-corrected chi connectivity index (χ1v) is 11.4. The molecule has 2 bridgehead atoms. The van der Waals surface area contributed by atoms with E-state index in [1.165, 1.54) is 12.8 Å². The Morgan fingerprint density at radius 3 is 2.71 bits per heavy atom. The van der Waals surface area contributed by atoms with Crippen molar-refractivity contribution in [2.45, 2.75) is 38.3 Å². The molecular weight excluding hydrogens is 390 g/mol. The van der Waals surface area contributed by atoms with E-state index >= 15 is 0 Å². The zero-order chi connectivity index (χ0) is 20.9. The molecule has 0 unspecified atom stereocenters. The molecule has 0 spiro atoms. The van der Waals surface area contributed by atoms with Crippen molar-refractivity contribution in [2.75, 3.05) is 26.2 Å². The van der Waals surface area contributed by atoms with Gasteiger partial charge in [-0.1, -0.05) is 24.3 Å². The predicted octanol–water partition coefficient (Wildman–Crippen LogP) is 3.45. The molecular formula is C25H27N3O3. The van der Waals surface area contributed by atoms with Gasteiger partial charge in [-0.05, 0) is 56.5 Å². The van der Waals surface area contributed by atoms with Gasteiger partial charge in [0.15, 0.2) is 5.76 Å². The lowest BCUT2D eigenvalue weighted by atomic mass is 9.83. The van der Waals surface area contributed by atoms with Crippen LogP contribution < -0.4 is 5.56 Å². The number of carbonyl (C=O) groups is 1. The topological polar surface area (TPSA) is 58.7 Å². The Balaban J connectivity index is 1.25. The lowest BCUT2D eigenvalue weighted by molar-refractivity contribution is 0.0565. The van der Waals surface area contributed by atoms with Crippen LogP contribution in [0.4, 0.5) is 0 Å². The molecule has 31 heavy (non-hydrogen) atoms. The minimum Gasteiger partial charge on any atom is -0.451 e. The Bertz CT molecular complexity index is 1170. The number of pyridine rings is 1. The highest BCUT2D eigenvalue weighted by atomic mass is 16.3. The van der Waals surface area contributed by atoms with Gasteiger partial charge < -0.3 is 13.9 Å². The number of piperidine rings is 1. The first kappa shape index (κ1) is 18.9. The number of rotatable bonds is 3. The number of carbonyl (C=O) groups excluding carboxylic acids is 1. The zero-order valence-electron chi connectivity index (χ0n) is 17.6. The SMILES string of the molecule is O=C(c1cc2ccccc2o1)N1C[C@@H]2C[C@H](C1)c1ccc(CN3CCCC3)c(=O)n1C2. The number of para-hydroxylation sites is 1. The Morgan fingerprint density at radius 1 is 1.03 bits per heavy atom. The maximum absolute atomic E-state index is 13.2. The number of nitrogens with zero attached hydrogens (tertiary/aromatic N) is 3. The molecule has 1 aromatic carbocycles. The van der Waals surface area contributed by atoms with E-state index in [0.29, 0.717) is 31.3 Å². The number of fused-ring (bicyclic) bond motifs is 5. The van der Waals surface area contributed by atoms with Crippen molar-refractivity contribution in [1.29, 1.82) is 0 Å². The minimum absolute atomic E-state index is 0.0487. The van der Waals surface area contributed by atoms with Crippen molar-refractivity contribution in [3.63, 3.8) is 0 Å². The van der Waals surface area contributed by atoms with Crippen LogP contribution in [0.15, 0.2) is 51.7 Å². The molecule has 3 aliphatic heterocycles. The molecule has 160 valence electrons. The molecule has 3 aromatic rings. The van der Waals surface area contributed by atoms with Gasteiger partial charge in [-0.15, -0.1) is 0 Å². The molecule has 6 heteroatoms. The average Bonchev–Trinajstić information content (AvgIpc) is 3.45. The highest BCUT2D eigenvalue weighted by Gasteiger charge is 2.37. The Labute approximate surface area is 181 Å². The molecule has 0 N–H and O–H groups in total. The molecule has 5 heterocycles. The van der Waals surface area contributed by atoms with Crippen molar-refractivity contribution < 1.29 is 9.21 Å². The van der Waals surface area contributed by atoms with Crippen LogP contribution in [-0.2, 0) is 13.1 Å². The largest absolute Gasteiger partial charge is 0.451 e. The van der Waals surface area contributed by atoms with E-state index in [-0.39, 0.29) is 17.4 Å². The molecule has 6 nitrogen and oxygen atoms in total. The van der Waals surface area contributed by atoms with Gasteiger partial charge in [0.05, 0.1) is 0 Å². The number of benzene rings is 1. The number of amides is 1. The van der Waals surface area contributed by atoms with Crippen LogP contribution in [0.2, 0.25) is 0 Å². The number of likely N-dealkylation sites (tertiary alicyclic amines) is 2. The van der Waals surface area contributed by atoms with Gasteiger partial charge in [-0.25, -0.2) is 0 Å². The van der Waals surface area contributed by atoms with Crippen LogP contribution in [-0.4, -0.2) is 46.5 Å². The first-order chi connectivity index (χ1) is 15.2. The van der Waals surface area contributed by atoms with E-state index in [0.717, 1.165) is 48.3 Å². The van der Waals surface area contributed by atoms with Crippen molar-refractivity contribution in [3.8, 4) is 0 Å². The standard InChI is InChI=1S/C25H27N3O3/c29-24-19(15-26-9-3-4-10-26)7-8-21-20-11-17(14-28(21)24)13-27(16-20)25(30)23-12-18-5-1-2-6-22(18)31-23/h1-2,5-8,12,17,20H,3-4,9-11,13-16H2/t17-,20+/m0/s1. The zero-order valence-corrected chi connectivity index (χ0v) is 17.6. The lowest BCUT2D eigenvalue weighted by Gasteiger charge is -2.42. The number of hydrogen-bond donors (Lipinski definition) is 0. The van der Waals surface area contributed by atoms with Crippen LogP contribution in [0.1, 0.15) is 47.0 Å². The maximum Gasteiger partial charge on any atom is 0.289 e. The van der Waals surface area contributed by atoms with Crippen LogP contribution in [0, 0.1) is 5.92 Å². The maximum atomic E-state index is 13.2. The van der Waals surface area contributed by atoms with E-state index in [1.807, 2.05) is 45.9 Å². The van der Waals surface area contributed by atoms with E-state index in [4.69, 9.17) is 4.42 Å². The van der Waals surface area contributed by atoms with Crippen molar-refractivity contribution in [1.82, 2.24) is 14.4 Å².